The Kier molecular flexibility index (Phi) is 3.90. The SMILES string of the molecule is COc1nc(NCC(C)(C)C)ncc1Br. The zero-order chi connectivity index (χ0) is 11.5. The van der Waals surface area contributed by atoms with Crippen molar-refractivity contribution in [3.8, 4) is 5.88 Å². The third kappa shape index (κ3) is 4.03. The van der Waals surface area contributed by atoms with Crippen molar-refractivity contribution in [1.82, 2.24) is 9.97 Å². The maximum atomic E-state index is 5.08. The molecule has 1 heterocycles. The molecule has 0 bridgehead atoms. The normalized spacial score (nSPS) is 11.3. The van der Waals surface area contributed by atoms with Gasteiger partial charge in [-0.05, 0) is 21.3 Å². The Hall–Kier alpha value is -0.840. The number of nitrogens with zero attached hydrogens (tertiary/aromatic N) is 2. The van der Waals surface area contributed by atoms with Gasteiger partial charge in [0, 0.05) is 6.54 Å². The zero-order valence-electron chi connectivity index (χ0n) is 9.47. The van der Waals surface area contributed by atoms with Crippen LogP contribution in [-0.2, 0) is 0 Å². The summed E-state index contributed by atoms with van der Waals surface area (Å²) in [5.41, 5.74) is 0.198. The number of ether oxygens (including phenoxy) is 1. The number of rotatable bonds is 3. The van der Waals surface area contributed by atoms with Crippen molar-refractivity contribution in [1.29, 1.82) is 0 Å². The van der Waals surface area contributed by atoms with Gasteiger partial charge in [-0.2, -0.15) is 4.98 Å². The van der Waals surface area contributed by atoms with Gasteiger partial charge in [-0.25, -0.2) is 4.98 Å². The summed E-state index contributed by atoms with van der Waals surface area (Å²) in [7, 11) is 1.58. The summed E-state index contributed by atoms with van der Waals surface area (Å²) in [6.07, 6.45) is 1.68. The molecule has 0 atom stereocenters. The van der Waals surface area contributed by atoms with Crippen LogP contribution in [0.5, 0.6) is 5.88 Å². The number of hydrogen-bond acceptors (Lipinski definition) is 4. The van der Waals surface area contributed by atoms with Crippen LogP contribution in [0.3, 0.4) is 0 Å². The first-order valence-electron chi connectivity index (χ1n) is 4.73. The predicted molar refractivity (Wildman–Crippen MR) is 64.2 cm³/mol. The molecule has 0 aliphatic rings. The second-order valence-electron chi connectivity index (χ2n) is 4.47. The maximum absolute atomic E-state index is 5.08. The molecule has 0 aliphatic carbocycles. The van der Waals surface area contributed by atoms with Crippen molar-refractivity contribution in [3.63, 3.8) is 0 Å². The van der Waals surface area contributed by atoms with Crippen molar-refractivity contribution in [2.45, 2.75) is 20.8 Å². The third-order valence-electron chi connectivity index (χ3n) is 1.68. The number of aromatic nitrogens is 2. The molecule has 84 valence electrons. The van der Waals surface area contributed by atoms with Crippen LogP contribution in [0.1, 0.15) is 20.8 Å². The summed E-state index contributed by atoms with van der Waals surface area (Å²) in [6, 6.07) is 0. The van der Waals surface area contributed by atoms with Gasteiger partial charge in [-0.1, -0.05) is 20.8 Å². The monoisotopic (exact) mass is 273 g/mol. The first-order chi connectivity index (χ1) is 6.92. The molecular formula is C10H16BrN3O. The summed E-state index contributed by atoms with van der Waals surface area (Å²) < 4.78 is 5.84. The van der Waals surface area contributed by atoms with E-state index in [-0.39, 0.29) is 5.41 Å². The molecule has 0 saturated heterocycles. The number of methoxy groups -OCH3 is 1. The van der Waals surface area contributed by atoms with Crippen molar-refractivity contribution in [2.24, 2.45) is 5.41 Å². The Balaban J connectivity index is 2.70. The predicted octanol–water partition coefficient (Wildman–Crippen LogP) is 2.71. The summed E-state index contributed by atoms with van der Waals surface area (Å²) >= 11 is 3.30. The third-order valence-corrected chi connectivity index (χ3v) is 2.23. The summed E-state index contributed by atoms with van der Waals surface area (Å²) in [5, 5.41) is 3.16. The molecule has 0 unspecified atom stereocenters. The van der Waals surface area contributed by atoms with Gasteiger partial charge in [0.15, 0.2) is 0 Å². The average Bonchev–Trinajstić information content (AvgIpc) is 2.15. The molecule has 1 N–H and O–H groups in total. The molecule has 0 fully saturated rings. The molecule has 0 aromatic carbocycles. The van der Waals surface area contributed by atoms with Crippen molar-refractivity contribution in [2.75, 3.05) is 19.0 Å². The Morgan fingerprint density at radius 1 is 1.47 bits per heavy atom. The number of hydrogen-bond donors (Lipinski definition) is 1. The zero-order valence-corrected chi connectivity index (χ0v) is 11.1. The van der Waals surface area contributed by atoms with E-state index in [1.165, 1.54) is 0 Å². The minimum absolute atomic E-state index is 0.198. The molecule has 4 nitrogen and oxygen atoms in total. The van der Waals surface area contributed by atoms with Crippen LogP contribution in [0.15, 0.2) is 10.7 Å². The van der Waals surface area contributed by atoms with E-state index >= 15 is 0 Å². The van der Waals surface area contributed by atoms with Crippen molar-refractivity contribution >= 4 is 21.9 Å². The first-order valence-corrected chi connectivity index (χ1v) is 5.52. The Morgan fingerprint density at radius 2 is 2.13 bits per heavy atom. The van der Waals surface area contributed by atoms with E-state index in [9.17, 15) is 0 Å². The van der Waals surface area contributed by atoms with E-state index in [4.69, 9.17) is 4.74 Å². The smallest absolute Gasteiger partial charge is 0.232 e. The molecule has 0 radical (unpaired) electrons. The van der Waals surface area contributed by atoms with Crippen molar-refractivity contribution in [3.05, 3.63) is 10.7 Å². The van der Waals surface area contributed by atoms with Gasteiger partial charge >= 0.3 is 0 Å². The van der Waals surface area contributed by atoms with Crippen LogP contribution in [0, 0.1) is 5.41 Å². The molecule has 1 aromatic heterocycles. The van der Waals surface area contributed by atoms with Gasteiger partial charge in [0.1, 0.15) is 0 Å². The molecule has 0 aliphatic heterocycles. The lowest BCUT2D eigenvalue weighted by molar-refractivity contribution is 0.393. The fraction of sp³-hybridized carbons (Fsp3) is 0.600. The van der Waals surface area contributed by atoms with Gasteiger partial charge < -0.3 is 10.1 Å². The summed E-state index contributed by atoms with van der Waals surface area (Å²) in [6.45, 7) is 7.26. The number of anilines is 1. The fourth-order valence-electron chi connectivity index (χ4n) is 0.924. The highest BCUT2D eigenvalue weighted by atomic mass is 79.9. The van der Waals surface area contributed by atoms with E-state index in [1.54, 1.807) is 13.3 Å². The number of nitrogens with one attached hydrogen (secondary N) is 1. The van der Waals surface area contributed by atoms with Gasteiger partial charge in [0.25, 0.3) is 0 Å². The second-order valence-corrected chi connectivity index (χ2v) is 5.32. The van der Waals surface area contributed by atoms with Crippen LogP contribution in [0.25, 0.3) is 0 Å². The molecule has 1 rings (SSSR count). The Morgan fingerprint density at radius 3 is 2.67 bits per heavy atom. The van der Waals surface area contributed by atoms with Crippen LogP contribution >= 0.6 is 15.9 Å². The standard InChI is InChI=1S/C10H16BrN3O/c1-10(2,3)6-13-9-12-5-7(11)8(14-9)15-4/h5H,6H2,1-4H3,(H,12,13,14). The van der Waals surface area contributed by atoms with Gasteiger partial charge in [0.2, 0.25) is 11.8 Å². The van der Waals surface area contributed by atoms with E-state index < -0.39 is 0 Å². The number of halogens is 1. The van der Waals surface area contributed by atoms with Gasteiger partial charge in [-0.15, -0.1) is 0 Å². The van der Waals surface area contributed by atoms with Gasteiger partial charge in [-0.3, -0.25) is 0 Å². The highest BCUT2D eigenvalue weighted by Crippen LogP contribution is 2.22. The molecule has 0 amide bonds. The fourth-order valence-corrected chi connectivity index (χ4v) is 1.28. The lowest BCUT2D eigenvalue weighted by Crippen LogP contribution is -2.20. The Bertz CT molecular complexity index is 336. The second kappa shape index (κ2) is 4.79. The minimum Gasteiger partial charge on any atom is -0.480 e. The minimum atomic E-state index is 0.198. The van der Waals surface area contributed by atoms with Crippen molar-refractivity contribution < 1.29 is 4.74 Å². The molecule has 5 heteroatoms. The molecule has 0 spiro atoms. The summed E-state index contributed by atoms with van der Waals surface area (Å²) in [4.78, 5) is 8.34. The maximum Gasteiger partial charge on any atom is 0.232 e. The highest BCUT2D eigenvalue weighted by Gasteiger charge is 2.11. The first kappa shape index (κ1) is 12.2. The van der Waals surface area contributed by atoms with E-state index in [0.29, 0.717) is 11.8 Å². The topological polar surface area (TPSA) is 47.0 Å². The molecule has 1 aromatic rings. The van der Waals surface area contributed by atoms with Crippen LogP contribution in [-0.4, -0.2) is 23.6 Å². The quantitative estimate of drug-likeness (QED) is 0.920. The van der Waals surface area contributed by atoms with E-state index in [1.807, 2.05) is 0 Å². The molecule has 0 saturated carbocycles. The van der Waals surface area contributed by atoms with Crippen LogP contribution < -0.4 is 10.1 Å². The summed E-state index contributed by atoms with van der Waals surface area (Å²) in [5.74, 6) is 1.13. The van der Waals surface area contributed by atoms with Crippen LogP contribution in [0.4, 0.5) is 5.95 Å². The Labute approximate surface area is 98.6 Å². The highest BCUT2D eigenvalue weighted by molar-refractivity contribution is 9.10. The largest absolute Gasteiger partial charge is 0.480 e. The molecular weight excluding hydrogens is 258 g/mol. The molecule has 15 heavy (non-hydrogen) atoms. The van der Waals surface area contributed by atoms with Gasteiger partial charge in [0.05, 0.1) is 17.8 Å². The lowest BCUT2D eigenvalue weighted by atomic mass is 9.97. The van der Waals surface area contributed by atoms with Crippen LogP contribution in [0.2, 0.25) is 0 Å². The van der Waals surface area contributed by atoms with E-state index in [0.717, 1.165) is 11.0 Å². The van der Waals surface area contributed by atoms with E-state index in [2.05, 4.69) is 52.0 Å². The average molecular weight is 274 g/mol. The lowest BCUT2D eigenvalue weighted by Gasteiger charge is -2.18.